The van der Waals surface area contributed by atoms with Crippen LogP contribution in [0.1, 0.15) is 45.4 Å². The molecule has 1 saturated carbocycles. The van der Waals surface area contributed by atoms with Crippen molar-refractivity contribution in [2.24, 2.45) is 5.73 Å². The average molecular weight is 314 g/mol. The molecule has 0 atom stereocenters. The molecular formula is C14H26N4O2S. The highest BCUT2D eigenvalue weighted by Gasteiger charge is 2.41. The van der Waals surface area contributed by atoms with Gasteiger partial charge in [-0.05, 0) is 19.8 Å². The standard InChI is InChI=1S/C14H26N4O2S/c1-3-18-10-13(16-12-18)21(19,20)17(2)14(11-15)8-6-4-5-7-9-14/h10,12H,3-9,11,15H2,1-2H3. The van der Waals surface area contributed by atoms with E-state index in [1.165, 1.54) is 4.31 Å². The second-order valence-corrected chi connectivity index (χ2v) is 7.77. The van der Waals surface area contributed by atoms with Gasteiger partial charge in [0.15, 0.2) is 5.03 Å². The van der Waals surface area contributed by atoms with Crippen LogP contribution in [-0.4, -0.2) is 41.4 Å². The molecule has 1 aliphatic carbocycles. The molecule has 1 fully saturated rings. The topological polar surface area (TPSA) is 81.2 Å². The van der Waals surface area contributed by atoms with Crippen molar-refractivity contribution in [3.8, 4) is 0 Å². The third-order valence-corrected chi connectivity index (χ3v) is 6.53. The molecular weight excluding hydrogens is 288 g/mol. The quantitative estimate of drug-likeness (QED) is 0.837. The second kappa shape index (κ2) is 6.46. The van der Waals surface area contributed by atoms with Gasteiger partial charge in [0.05, 0.1) is 6.33 Å². The molecule has 1 aromatic heterocycles. The van der Waals surface area contributed by atoms with Crippen LogP contribution in [0.25, 0.3) is 0 Å². The summed E-state index contributed by atoms with van der Waals surface area (Å²) in [4.78, 5) is 4.06. The van der Waals surface area contributed by atoms with E-state index in [-0.39, 0.29) is 5.03 Å². The van der Waals surface area contributed by atoms with Gasteiger partial charge in [0, 0.05) is 31.9 Å². The predicted octanol–water partition coefficient (Wildman–Crippen LogP) is 1.58. The zero-order valence-electron chi connectivity index (χ0n) is 13.0. The number of rotatable bonds is 5. The number of hydrogen-bond acceptors (Lipinski definition) is 4. The van der Waals surface area contributed by atoms with E-state index in [0.717, 1.165) is 38.5 Å². The van der Waals surface area contributed by atoms with Crippen molar-refractivity contribution in [2.45, 2.75) is 62.6 Å². The normalized spacial score (nSPS) is 19.6. The van der Waals surface area contributed by atoms with Crippen molar-refractivity contribution in [3.05, 3.63) is 12.5 Å². The first-order valence-corrected chi connectivity index (χ1v) is 9.11. The Morgan fingerprint density at radius 1 is 1.33 bits per heavy atom. The van der Waals surface area contributed by atoms with Crippen molar-refractivity contribution in [1.29, 1.82) is 0 Å². The van der Waals surface area contributed by atoms with E-state index in [2.05, 4.69) is 4.98 Å². The Bertz CT molecular complexity index is 559. The van der Waals surface area contributed by atoms with E-state index in [0.29, 0.717) is 13.1 Å². The molecule has 6 nitrogen and oxygen atoms in total. The number of aromatic nitrogens is 2. The molecule has 0 bridgehead atoms. The largest absolute Gasteiger partial charge is 0.336 e. The molecule has 0 aromatic carbocycles. The molecule has 2 rings (SSSR count). The molecule has 0 radical (unpaired) electrons. The van der Waals surface area contributed by atoms with E-state index >= 15 is 0 Å². The average Bonchev–Trinajstić information content (AvgIpc) is 2.85. The maximum absolute atomic E-state index is 12.8. The summed E-state index contributed by atoms with van der Waals surface area (Å²) in [5.74, 6) is 0. The Kier molecular flexibility index (Phi) is 5.06. The van der Waals surface area contributed by atoms with E-state index in [1.807, 2.05) is 6.92 Å². The molecule has 7 heteroatoms. The van der Waals surface area contributed by atoms with Gasteiger partial charge in [-0.25, -0.2) is 13.4 Å². The molecule has 0 amide bonds. The molecule has 21 heavy (non-hydrogen) atoms. The van der Waals surface area contributed by atoms with E-state index in [9.17, 15) is 8.42 Å². The predicted molar refractivity (Wildman–Crippen MR) is 82.3 cm³/mol. The third-order valence-electron chi connectivity index (χ3n) is 4.68. The van der Waals surface area contributed by atoms with Crippen LogP contribution in [0.15, 0.2) is 17.6 Å². The highest BCUT2D eigenvalue weighted by Crippen LogP contribution is 2.34. The SMILES string of the molecule is CCn1cnc(S(=O)(=O)N(C)C2(CN)CCCCCC2)c1. The minimum Gasteiger partial charge on any atom is -0.336 e. The fraction of sp³-hybridized carbons (Fsp3) is 0.786. The minimum absolute atomic E-state index is 0.115. The molecule has 0 unspecified atom stereocenters. The Balaban J connectivity index is 2.32. The van der Waals surface area contributed by atoms with Crippen LogP contribution in [0.4, 0.5) is 0 Å². The summed E-state index contributed by atoms with van der Waals surface area (Å²) in [6.45, 7) is 3.01. The number of hydrogen-bond donors (Lipinski definition) is 1. The molecule has 2 N–H and O–H groups in total. The highest BCUT2D eigenvalue weighted by atomic mass is 32.2. The number of imidazole rings is 1. The van der Waals surface area contributed by atoms with Gasteiger partial charge < -0.3 is 10.3 Å². The van der Waals surface area contributed by atoms with E-state index in [4.69, 9.17) is 5.73 Å². The van der Waals surface area contributed by atoms with E-state index in [1.54, 1.807) is 24.1 Å². The van der Waals surface area contributed by atoms with Crippen LogP contribution in [0.3, 0.4) is 0 Å². The molecule has 0 spiro atoms. The molecule has 1 heterocycles. The Morgan fingerprint density at radius 2 is 1.95 bits per heavy atom. The molecule has 0 saturated heterocycles. The van der Waals surface area contributed by atoms with Crippen LogP contribution < -0.4 is 5.73 Å². The number of likely N-dealkylation sites (N-methyl/N-ethyl adjacent to an activating group) is 1. The number of nitrogens with two attached hydrogens (primary N) is 1. The summed E-state index contributed by atoms with van der Waals surface area (Å²) in [6, 6.07) is 0. The van der Waals surface area contributed by atoms with Gasteiger partial charge in [0.1, 0.15) is 0 Å². The second-order valence-electron chi connectivity index (χ2n) is 5.86. The number of aryl methyl sites for hydroxylation is 1. The molecule has 1 aromatic rings. The number of sulfonamides is 1. The number of nitrogens with zero attached hydrogens (tertiary/aromatic N) is 3. The summed E-state index contributed by atoms with van der Waals surface area (Å²) >= 11 is 0. The van der Waals surface area contributed by atoms with Gasteiger partial charge in [-0.3, -0.25) is 0 Å². The summed E-state index contributed by atoms with van der Waals surface area (Å²) in [7, 11) is -1.94. The molecule has 120 valence electrons. The first-order chi connectivity index (χ1) is 9.96. The fourth-order valence-corrected chi connectivity index (χ4v) is 4.57. The van der Waals surface area contributed by atoms with Gasteiger partial charge in [-0.2, -0.15) is 4.31 Å². The van der Waals surface area contributed by atoms with Crippen molar-refractivity contribution in [2.75, 3.05) is 13.6 Å². The smallest absolute Gasteiger partial charge is 0.262 e. The zero-order valence-corrected chi connectivity index (χ0v) is 13.8. The van der Waals surface area contributed by atoms with Crippen LogP contribution in [0.2, 0.25) is 0 Å². The molecule has 0 aliphatic heterocycles. The van der Waals surface area contributed by atoms with Gasteiger partial charge in [-0.1, -0.05) is 25.7 Å². The minimum atomic E-state index is -3.59. The maximum Gasteiger partial charge on any atom is 0.262 e. The summed E-state index contributed by atoms with van der Waals surface area (Å²) in [5, 5.41) is 0.115. The van der Waals surface area contributed by atoms with Crippen LogP contribution in [-0.2, 0) is 16.6 Å². The Hall–Kier alpha value is -0.920. The van der Waals surface area contributed by atoms with Crippen LogP contribution in [0, 0.1) is 0 Å². The van der Waals surface area contributed by atoms with Gasteiger partial charge in [-0.15, -0.1) is 0 Å². The Morgan fingerprint density at radius 3 is 2.43 bits per heavy atom. The van der Waals surface area contributed by atoms with Gasteiger partial charge >= 0.3 is 0 Å². The third kappa shape index (κ3) is 3.14. The van der Waals surface area contributed by atoms with Crippen molar-refractivity contribution < 1.29 is 8.42 Å². The van der Waals surface area contributed by atoms with Crippen molar-refractivity contribution in [3.63, 3.8) is 0 Å². The van der Waals surface area contributed by atoms with Crippen LogP contribution in [0.5, 0.6) is 0 Å². The molecule has 1 aliphatic rings. The van der Waals surface area contributed by atoms with Crippen molar-refractivity contribution >= 4 is 10.0 Å². The van der Waals surface area contributed by atoms with Gasteiger partial charge in [0.2, 0.25) is 0 Å². The zero-order chi connectivity index (χ0) is 15.5. The lowest BCUT2D eigenvalue weighted by Crippen LogP contribution is -2.54. The van der Waals surface area contributed by atoms with Crippen molar-refractivity contribution in [1.82, 2.24) is 13.9 Å². The Labute approximate surface area is 127 Å². The first-order valence-electron chi connectivity index (χ1n) is 7.67. The summed E-state index contributed by atoms with van der Waals surface area (Å²) < 4.78 is 28.9. The van der Waals surface area contributed by atoms with Gasteiger partial charge in [0.25, 0.3) is 10.0 Å². The first kappa shape index (κ1) is 16.5. The fourth-order valence-electron chi connectivity index (χ4n) is 3.08. The highest BCUT2D eigenvalue weighted by molar-refractivity contribution is 7.89. The summed E-state index contributed by atoms with van der Waals surface area (Å²) in [6.07, 6.45) is 9.16. The van der Waals surface area contributed by atoms with E-state index < -0.39 is 15.6 Å². The van der Waals surface area contributed by atoms with Crippen LogP contribution >= 0.6 is 0 Å². The monoisotopic (exact) mass is 314 g/mol. The lowest BCUT2D eigenvalue weighted by atomic mass is 9.90. The summed E-state index contributed by atoms with van der Waals surface area (Å²) in [5.41, 5.74) is 5.52. The lowest BCUT2D eigenvalue weighted by Gasteiger charge is -2.39. The maximum atomic E-state index is 12.8. The lowest BCUT2D eigenvalue weighted by molar-refractivity contribution is 0.195.